The summed E-state index contributed by atoms with van der Waals surface area (Å²) < 4.78 is 10.1. The predicted octanol–water partition coefficient (Wildman–Crippen LogP) is 1.40. The first-order valence-corrected chi connectivity index (χ1v) is 3.76. The summed E-state index contributed by atoms with van der Waals surface area (Å²) in [6.07, 6.45) is 10.4. The quantitative estimate of drug-likeness (QED) is 0.323. The van der Waals surface area contributed by atoms with Gasteiger partial charge in [-0.2, -0.15) is 0 Å². The topological polar surface area (TPSA) is 18.5 Å². The van der Waals surface area contributed by atoms with Crippen molar-refractivity contribution < 1.29 is 9.47 Å². The first-order valence-electron chi connectivity index (χ1n) is 3.76. The van der Waals surface area contributed by atoms with Crippen LogP contribution < -0.4 is 0 Å². The van der Waals surface area contributed by atoms with E-state index >= 15 is 0 Å². The highest BCUT2D eigenvalue weighted by molar-refractivity contribution is 4.85. The monoisotopic (exact) mass is 166 g/mol. The highest BCUT2D eigenvalue weighted by Crippen LogP contribution is 1.80. The fourth-order valence-electron chi connectivity index (χ4n) is 0.541. The molecular weight excluding hydrogens is 152 g/mol. The molecule has 0 amide bonds. The molecule has 0 N–H and O–H groups in total. The van der Waals surface area contributed by atoms with Crippen molar-refractivity contribution in [2.75, 3.05) is 26.4 Å². The molecule has 2 nitrogen and oxygen atoms in total. The average molecular weight is 166 g/mol. The Morgan fingerprint density at radius 2 is 1.83 bits per heavy atom. The molecule has 0 bridgehead atoms. The Morgan fingerprint density at radius 3 is 2.42 bits per heavy atom. The Labute approximate surface area is 73.9 Å². The molecule has 0 saturated heterocycles. The number of terminal acetylenes is 1. The highest BCUT2D eigenvalue weighted by atomic mass is 16.5. The maximum atomic E-state index is 5.09. The first kappa shape index (κ1) is 11.0. The van der Waals surface area contributed by atoms with Crippen LogP contribution in [0.1, 0.15) is 0 Å². The van der Waals surface area contributed by atoms with Gasteiger partial charge in [0.2, 0.25) is 0 Å². The lowest BCUT2D eigenvalue weighted by Gasteiger charge is -1.94. The summed E-state index contributed by atoms with van der Waals surface area (Å²) in [7, 11) is 0. The summed E-state index contributed by atoms with van der Waals surface area (Å²) >= 11 is 0. The van der Waals surface area contributed by atoms with Crippen molar-refractivity contribution in [2.45, 2.75) is 0 Å². The molecule has 0 aromatic carbocycles. The van der Waals surface area contributed by atoms with Gasteiger partial charge in [-0.05, 0) is 0 Å². The van der Waals surface area contributed by atoms with Gasteiger partial charge >= 0.3 is 0 Å². The lowest BCUT2D eigenvalue weighted by Crippen LogP contribution is -1.93. The Morgan fingerprint density at radius 1 is 1.17 bits per heavy atom. The van der Waals surface area contributed by atoms with Crippen molar-refractivity contribution in [3.63, 3.8) is 0 Å². The summed E-state index contributed by atoms with van der Waals surface area (Å²) in [6.45, 7) is 5.59. The second kappa shape index (κ2) is 9.96. The van der Waals surface area contributed by atoms with E-state index in [1.54, 1.807) is 6.08 Å². The number of ether oxygens (including phenoxy) is 2. The molecule has 0 rings (SSSR count). The molecule has 0 fully saturated rings. The van der Waals surface area contributed by atoms with Crippen LogP contribution in [0.3, 0.4) is 0 Å². The SMILES string of the molecule is C#CCOC/C=C\COCC=C. The molecule has 0 aliphatic heterocycles. The van der Waals surface area contributed by atoms with Crippen molar-refractivity contribution >= 4 is 0 Å². The van der Waals surface area contributed by atoms with Gasteiger partial charge in [-0.15, -0.1) is 13.0 Å². The van der Waals surface area contributed by atoms with Crippen LogP contribution >= 0.6 is 0 Å². The van der Waals surface area contributed by atoms with Crippen LogP contribution in [0.25, 0.3) is 0 Å². The zero-order chi connectivity index (χ0) is 9.07. The van der Waals surface area contributed by atoms with Crippen molar-refractivity contribution in [1.82, 2.24) is 0 Å². The number of hydrogen-bond acceptors (Lipinski definition) is 2. The van der Waals surface area contributed by atoms with Crippen LogP contribution in [-0.4, -0.2) is 26.4 Å². The fraction of sp³-hybridized carbons (Fsp3) is 0.400. The minimum atomic E-state index is 0.359. The van der Waals surface area contributed by atoms with Gasteiger partial charge in [-0.1, -0.05) is 24.1 Å². The van der Waals surface area contributed by atoms with Crippen LogP contribution in [0.2, 0.25) is 0 Å². The third-order valence-corrected chi connectivity index (χ3v) is 1.02. The fourth-order valence-corrected chi connectivity index (χ4v) is 0.541. The molecule has 0 heterocycles. The van der Waals surface area contributed by atoms with Crippen LogP contribution in [0.15, 0.2) is 24.8 Å². The third kappa shape index (κ3) is 8.96. The summed E-state index contributed by atoms with van der Waals surface area (Å²) in [5, 5.41) is 0. The molecule has 0 aromatic heterocycles. The smallest absolute Gasteiger partial charge is 0.107 e. The Kier molecular flexibility index (Phi) is 9.10. The summed E-state index contributed by atoms with van der Waals surface area (Å²) in [4.78, 5) is 0. The van der Waals surface area contributed by atoms with Gasteiger partial charge in [0.05, 0.1) is 19.8 Å². The number of rotatable bonds is 7. The molecular formula is C10H14O2. The van der Waals surface area contributed by atoms with E-state index in [1.165, 1.54) is 0 Å². The van der Waals surface area contributed by atoms with E-state index in [-0.39, 0.29) is 0 Å². The predicted molar refractivity (Wildman–Crippen MR) is 49.8 cm³/mol. The van der Waals surface area contributed by atoms with Crippen LogP contribution in [-0.2, 0) is 9.47 Å². The van der Waals surface area contributed by atoms with E-state index in [0.29, 0.717) is 26.4 Å². The van der Waals surface area contributed by atoms with Crippen LogP contribution in [0.4, 0.5) is 0 Å². The Balaban J connectivity index is 3.04. The van der Waals surface area contributed by atoms with Crippen molar-refractivity contribution in [3.05, 3.63) is 24.8 Å². The Hall–Kier alpha value is -1.04. The first-order chi connectivity index (χ1) is 5.91. The van der Waals surface area contributed by atoms with E-state index in [1.807, 2.05) is 12.2 Å². The maximum absolute atomic E-state index is 5.09. The van der Waals surface area contributed by atoms with Gasteiger partial charge in [-0.3, -0.25) is 0 Å². The van der Waals surface area contributed by atoms with E-state index in [9.17, 15) is 0 Å². The summed E-state index contributed by atoms with van der Waals surface area (Å²) in [5.41, 5.74) is 0. The van der Waals surface area contributed by atoms with Crippen LogP contribution in [0, 0.1) is 12.3 Å². The molecule has 0 radical (unpaired) electrons. The van der Waals surface area contributed by atoms with Gasteiger partial charge in [0, 0.05) is 0 Å². The third-order valence-electron chi connectivity index (χ3n) is 1.02. The van der Waals surface area contributed by atoms with E-state index < -0.39 is 0 Å². The van der Waals surface area contributed by atoms with Gasteiger partial charge in [0.25, 0.3) is 0 Å². The molecule has 0 aliphatic carbocycles. The lowest BCUT2D eigenvalue weighted by atomic mass is 10.5. The van der Waals surface area contributed by atoms with E-state index in [2.05, 4.69) is 12.5 Å². The molecule has 0 spiro atoms. The molecule has 0 unspecified atom stereocenters. The van der Waals surface area contributed by atoms with E-state index in [4.69, 9.17) is 15.9 Å². The minimum Gasteiger partial charge on any atom is -0.373 e. The molecule has 2 heteroatoms. The van der Waals surface area contributed by atoms with Crippen molar-refractivity contribution in [3.8, 4) is 12.3 Å². The van der Waals surface area contributed by atoms with Crippen LogP contribution in [0.5, 0.6) is 0 Å². The maximum Gasteiger partial charge on any atom is 0.107 e. The molecule has 0 aliphatic rings. The zero-order valence-corrected chi connectivity index (χ0v) is 7.16. The van der Waals surface area contributed by atoms with Gasteiger partial charge in [0.1, 0.15) is 6.61 Å². The van der Waals surface area contributed by atoms with Gasteiger partial charge in [-0.25, -0.2) is 0 Å². The second-order valence-corrected chi connectivity index (χ2v) is 2.02. The lowest BCUT2D eigenvalue weighted by molar-refractivity contribution is 0.187. The van der Waals surface area contributed by atoms with Crippen molar-refractivity contribution in [2.24, 2.45) is 0 Å². The summed E-state index contributed by atoms with van der Waals surface area (Å²) in [5.74, 6) is 2.38. The normalized spacial score (nSPS) is 9.92. The highest BCUT2D eigenvalue weighted by Gasteiger charge is 1.78. The molecule has 12 heavy (non-hydrogen) atoms. The number of hydrogen-bond donors (Lipinski definition) is 0. The zero-order valence-electron chi connectivity index (χ0n) is 7.16. The molecule has 0 aromatic rings. The van der Waals surface area contributed by atoms with Gasteiger partial charge in [0.15, 0.2) is 0 Å². The standard InChI is InChI=1S/C10H14O2/c1-3-7-11-9-5-6-10-12-8-4-2/h1,4-6H,2,7-10H2/b6-5-. The molecule has 0 saturated carbocycles. The summed E-state index contributed by atoms with van der Waals surface area (Å²) in [6, 6.07) is 0. The average Bonchev–Trinajstić information content (AvgIpc) is 2.10. The second-order valence-electron chi connectivity index (χ2n) is 2.02. The van der Waals surface area contributed by atoms with Gasteiger partial charge < -0.3 is 9.47 Å². The largest absolute Gasteiger partial charge is 0.373 e. The minimum absolute atomic E-state index is 0.359. The molecule has 0 atom stereocenters. The Bertz CT molecular complexity index is 165. The molecule has 66 valence electrons. The van der Waals surface area contributed by atoms with E-state index in [0.717, 1.165) is 0 Å². The van der Waals surface area contributed by atoms with Crippen molar-refractivity contribution in [1.29, 1.82) is 0 Å².